The SMILES string of the molecule is C=C/C(=C(\N=CC)[C@H](C)OC)c1c2c3cc(ccc3n1CC)-c1cnc(o1)C[C@H](NC(=O)[C@@H](NC)C(C)C)C(=O)N1CCC[C@H](N1)C(=O)OCC(C)(C)C2. The molecule has 4 atom stereocenters. The molecule has 13 heteroatoms. The number of cyclic esters (lactones) is 1. The van der Waals surface area contributed by atoms with E-state index in [-0.39, 0.29) is 36.9 Å². The van der Waals surface area contributed by atoms with E-state index >= 15 is 0 Å². The summed E-state index contributed by atoms with van der Waals surface area (Å²) in [5.74, 6) is -0.335. The molecule has 0 aliphatic carbocycles. The average Bonchev–Trinajstić information content (AvgIpc) is 3.74. The van der Waals surface area contributed by atoms with Gasteiger partial charge in [-0.25, -0.2) is 10.4 Å². The Labute approximate surface area is 318 Å². The van der Waals surface area contributed by atoms with Gasteiger partial charge < -0.3 is 29.1 Å². The Morgan fingerprint density at radius 2 is 2.02 bits per heavy atom. The number of hydrogen-bond acceptors (Lipinski definition) is 10. The van der Waals surface area contributed by atoms with Crippen molar-refractivity contribution in [3.63, 3.8) is 0 Å². The zero-order chi connectivity index (χ0) is 39.3. The van der Waals surface area contributed by atoms with Crippen molar-refractivity contribution >= 4 is 40.5 Å². The van der Waals surface area contributed by atoms with Crippen LogP contribution in [0.5, 0.6) is 0 Å². The van der Waals surface area contributed by atoms with Crippen molar-refractivity contribution in [1.29, 1.82) is 0 Å². The molecule has 292 valence electrons. The highest BCUT2D eigenvalue weighted by Crippen LogP contribution is 2.40. The topological polar surface area (TPSA) is 152 Å². The van der Waals surface area contributed by atoms with E-state index in [1.54, 1.807) is 26.6 Å². The highest BCUT2D eigenvalue weighted by molar-refractivity contribution is 5.95. The van der Waals surface area contributed by atoms with Gasteiger partial charge in [0, 0.05) is 53.9 Å². The van der Waals surface area contributed by atoms with E-state index in [1.807, 2.05) is 39.8 Å². The Bertz CT molecular complexity index is 1920. The number of rotatable bonds is 10. The fourth-order valence-electron chi connectivity index (χ4n) is 7.50. The third-order valence-corrected chi connectivity index (χ3v) is 10.3. The first-order chi connectivity index (χ1) is 25.8. The van der Waals surface area contributed by atoms with Gasteiger partial charge in [0.15, 0.2) is 11.7 Å². The summed E-state index contributed by atoms with van der Waals surface area (Å²) in [5.41, 5.74) is 8.05. The van der Waals surface area contributed by atoms with Crippen LogP contribution in [0.2, 0.25) is 0 Å². The van der Waals surface area contributed by atoms with E-state index in [0.29, 0.717) is 44.0 Å². The standard InChI is InChI=1S/C41H57N7O6/c1-11-27(36(43-12-2)25(6)52-10)37-29-21-41(7,8)23-53-40(51)30-15-14-18-48(46-30)39(50)31(45-38(49)35(42-9)24(4)5)20-34-44-22-33(54-34)26-16-17-32(28(29)19-26)47(37)13-3/h11-12,16-17,19,22,24-25,30-31,35,42,46H,1,13-15,18,20-21,23H2,2-10H3,(H,45,49)/b36-27+,43-12?/t25-,30-,31-,35-/m0/s1. The zero-order valence-electron chi connectivity index (χ0n) is 33.2. The molecule has 2 aliphatic heterocycles. The summed E-state index contributed by atoms with van der Waals surface area (Å²) in [5, 5.41) is 8.41. The highest BCUT2D eigenvalue weighted by atomic mass is 16.5. The van der Waals surface area contributed by atoms with Crippen molar-refractivity contribution < 1.29 is 28.3 Å². The van der Waals surface area contributed by atoms with Crippen LogP contribution in [0.15, 0.2) is 52.2 Å². The summed E-state index contributed by atoms with van der Waals surface area (Å²) in [6.07, 6.45) is 6.60. The Morgan fingerprint density at radius 1 is 1.26 bits per heavy atom. The number of fused-ring (bicyclic) bond motifs is 6. The van der Waals surface area contributed by atoms with Gasteiger partial charge in [-0.1, -0.05) is 40.3 Å². The number of nitrogens with zero attached hydrogens (tertiary/aromatic N) is 4. The molecule has 1 aromatic carbocycles. The molecule has 6 bridgehead atoms. The van der Waals surface area contributed by atoms with Gasteiger partial charge in [-0.2, -0.15) is 0 Å². The number of aromatic nitrogens is 2. The van der Waals surface area contributed by atoms with Crippen LogP contribution in [0.3, 0.4) is 0 Å². The van der Waals surface area contributed by atoms with E-state index in [2.05, 4.69) is 65.1 Å². The molecule has 5 rings (SSSR count). The van der Waals surface area contributed by atoms with Gasteiger partial charge in [0.2, 0.25) is 5.91 Å². The summed E-state index contributed by atoms with van der Waals surface area (Å²) < 4.78 is 20.4. The van der Waals surface area contributed by atoms with Gasteiger partial charge in [-0.05, 0) is 76.8 Å². The molecule has 2 amide bonds. The van der Waals surface area contributed by atoms with Crippen LogP contribution in [-0.4, -0.2) is 90.1 Å². The maximum Gasteiger partial charge on any atom is 0.324 e. The molecule has 1 fully saturated rings. The Morgan fingerprint density at radius 3 is 2.67 bits per heavy atom. The summed E-state index contributed by atoms with van der Waals surface area (Å²) in [6, 6.07) is 3.92. The molecule has 0 spiro atoms. The number of hydrogen-bond donors (Lipinski definition) is 3. The molecule has 54 heavy (non-hydrogen) atoms. The van der Waals surface area contributed by atoms with Gasteiger partial charge in [-0.3, -0.25) is 24.4 Å². The molecule has 0 saturated carbocycles. The van der Waals surface area contributed by atoms with Crippen LogP contribution in [0.25, 0.3) is 27.8 Å². The van der Waals surface area contributed by atoms with Gasteiger partial charge in [0.05, 0.1) is 42.8 Å². The molecule has 13 nitrogen and oxygen atoms in total. The molecular weight excluding hydrogens is 686 g/mol. The number of aliphatic imine (C=N–C) groups is 1. The van der Waals surface area contributed by atoms with Crippen molar-refractivity contribution in [3.8, 4) is 11.3 Å². The number of carbonyl (C=O) groups is 3. The van der Waals surface area contributed by atoms with Crippen molar-refractivity contribution in [1.82, 2.24) is 30.6 Å². The second-order valence-electron chi connectivity index (χ2n) is 15.2. The number of oxazole rings is 1. The molecular formula is C41H57N7O6. The van der Waals surface area contributed by atoms with Crippen molar-refractivity contribution in [2.45, 2.75) is 105 Å². The van der Waals surface area contributed by atoms with Crippen LogP contribution >= 0.6 is 0 Å². The number of methoxy groups -OCH3 is 1. The predicted molar refractivity (Wildman–Crippen MR) is 210 cm³/mol. The quantitative estimate of drug-likeness (QED) is 0.144. The number of ether oxygens (including phenoxy) is 2. The minimum absolute atomic E-state index is 0.0103. The number of aryl methyl sites for hydroxylation is 1. The number of nitrogens with one attached hydrogen (secondary N) is 3. The maximum absolute atomic E-state index is 14.1. The molecule has 2 aliphatic rings. The molecule has 0 radical (unpaired) electrons. The molecule has 3 N–H and O–H groups in total. The summed E-state index contributed by atoms with van der Waals surface area (Å²) in [4.78, 5) is 50.6. The number of carbonyl (C=O) groups excluding carboxylic acids is 3. The second-order valence-corrected chi connectivity index (χ2v) is 15.2. The fourth-order valence-corrected chi connectivity index (χ4v) is 7.50. The van der Waals surface area contributed by atoms with Crippen LogP contribution in [0.4, 0.5) is 0 Å². The monoisotopic (exact) mass is 743 g/mol. The van der Waals surface area contributed by atoms with E-state index in [1.165, 1.54) is 5.01 Å². The average molecular weight is 744 g/mol. The largest absolute Gasteiger partial charge is 0.464 e. The smallest absolute Gasteiger partial charge is 0.324 e. The third-order valence-electron chi connectivity index (χ3n) is 10.3. The van der Waals surface area contributed by atoms with E-state index in [0.717, 1.165) is 39.0 Å². The summed E-state index contributed by atoms with van der Waals surface area (Å²) >= 11 is 0. The van der Waals surface area contributed by atoms with Gasteiger partial charge in [0.25, 0.3) is 5.91 Å². The van der Waals surface area contributed by atoms with Crippen LogP contribution in [-0.2, 0) is 43.2 Å². The minimum Gasteiger partial charge on any atom is -0.464 e. The van der Waals surface area contributed by atoms with Crippen molar-refractivity contribution in [2.24, 2.45) is 16.3 Å². The lowest BCUT2D eigenvalue weighted by atomic mass is 9.84. The maximum atomic E-state index is 14.1. The van der Waals surface area contributed by atoms with Crippen molar-refractivity contribution in [3.05, 3.63) is 59.9 Å². The predicted octanol–water partition coefficient (Wildman–Crippen LogP) is 5.23. The molecule has 2 aromatic heterocycles. The van der Waals surface area contributed by atoms with E-state index in [4.69, 9.17) is 18.9 Å². The molecule has 3 aromatic rings. The molecule has 4 heterocycles. The number of likely N-dealkylation sites (N-methyl/N-ethyl adjacent to an activating group) is 1. The minimum atomic E-state index is -1.01. The van der Waals surface area contributed by atoms with Gasteiger partial charge >= 0.3 is 5.97 Å². The van der Waals surface area contributed by atoms with Crippen molar-refractivity contribution in [2.75, 3.05) is 27.3 Å². The number of benzene rings is 1. The second kappa shape index (κ2) is 17.3. The zero-order valence-corrected chi connectivity index (χ0v) is 33.2. The first-order valence-corrected chi connectivity index (χ1v) is 19.0. The lowest BCUT2D eigenvalue weighted by Gasteiger charge is -2.35. The van der Waals surface area contributed by atoms with Gasteiger partial charge in [-0.15, -0.1) is 0 Å². The van der Waals surface area contributed by atoms with Crippen LogP contribution in [0.1, 0.15) is 78.5 Å². The van der Waals surface area contributed by atoms with Gasteiger partial charge in [0.1, 0.15) is 12.1 Å². The Hall–Kier alpha value is -4.59. The molecule has 0 unspecified atom stereocenters. The third kappa shape index (κ3) is 8.53. The van der Waals surface area contributed by atoms with E-state index in [9.17, 15) is 14.4 Å². The number of allylic oxidation sites excluding steroid dienone is 2. The number of esters is 1. The lowest BCUT2D eigenvalue weighted by molar-refractivity contribution is -0.155. The Balaban J connectivity index is 1.70. The lowest BCUT2D eigenvalue weighted by Crippen LogP contribution is -2.61. The summed E-state index contributed by atoms with van der Waals surface area (Å²) in [7, 11) is 3.38. The highest BCUT2D eigenvalue weighted by Gasteiger charge is 2.37. The first-order valence-electron chi connectivity index (χ1n) is 19.0. The number of amides is 2. The van der Waals surface area contributed by atoms with Crippen LogP contribution in [0, 0.1) is 11.3 Å². The normalized spacial score (nSPS) is 21.1. The fraction of sp³-hybridized carbons (Fsp3) is 0.537. The number of hydrazine groups is 1. The first kappa shape index (κ1) is 40.6. The summed E-state index contributed by atoms with van der Waals surface area (Å²) in [6.45, 7) is 19.4. The van der Waals surface area contributed by atoms with E-state index < -0.39 is 29.5 Å². The Kier molecular flexibility index (Phi) is 13.0. The molecule has 1 saturated heterocycles. The van der Waals surface area contributed by atoms with Crippen LogP contribution < -0.4 is 16.1 Å².